The van der Waals surface area contributed by atoms with Gasteiger partial charge in [0.1, 0.15) is 5.75 Å². The van der Waals surface area contributed by atoms with Crippen molar-refractivity contribution in [3.8, 4) is 5.75 Å². The van der Waals surface area contributed by atoms with Gasteiger partial charge in [0.2, 0.25) is 0 Å². The largest absolute Gasteiger partial charge is 0.484 e. The molecular weight excluding hydrogens is 289 g/mol. The summed E-state index contributed by atoms with van der Waals surface area (Å²) in [6.07, 6.45) is 0. The predicted octanol–water partition coefficient (Wildman–Crippen LogP) is 2.60. The average molecular weight is 306 g/mol. The summed E-state index contributed by atoms with van der Waals surface area (Å²) >= 11 is 11.6. The summed E-state index contributed by atoms with van der Waals surface area (Å²) in [5.41, 5.74) is -0.627. The van der Waals surface area contributed by atoms with Crippen molar-refractivity contribution in [1.29, 1.82) is 0 Å². The Morgan fingerprint density at radius 1 is 1.37 bits per heavy atom. The molecule has 1 amide bonds. The van der Waals surface area contributed by atoms with Gasteiger partial charge in [-0.2, -0.15) is 0 Å². The predicted molar refractivity (Wildman–Crippen MR) is 75.9 cm³/mol. The highest BCUT2D eigenvalue weighted by atomic mass is 35.5. The van der Waals surface area contributed by atoms with E-state index in [9.17, 15) is 9.90 Å². The number of amides is 1. The van der Waals surface area contributed by atoms with Crippen molar-refractivity contribution in [3.05, 3.63) is 28.2 Å². The molecule has 0 bridgehead atoms. The van der Waals surface area contributed by atoms with Crippen LogP contribution in [-0.4, -0.2) is 41.7 Å². The Hall–Kier alpha value is -0.970. The molecule has 1 N–H and O–H groups in total. The van der Waals surface area contributed by atoms with Crippen LogP contribution in [0.5, 0.6) is 5.75 Å². The van der Waals surface area contributed by atoms with E-state index in [1.54, 1.807) is 39.1 Å². The first-order valence-corrected chi connectivity index (χ1v) is 6.49. The number of nitrogens with zero attached hydrogens (tertiary/aromatic N) is 1. The first kappa shape index (κ1) is 16.1. The summed E-state index contributed by atoms with van der Waals surface area (Å²) in [5.74, 6) is 0.239. The summed E-state index contributed by atoms with van der Waals surface area (Å²) in [6.45, 7) is 3.29. The maximum Gasteiger partial charge on any atom is 0.260 e. The fourth-order valence-electron chi connectivity index (χ4n) is 1.25. The SMILES string of the molecule is CN(C(=O)COc1ccc(Cl)c(Cl)c1)C(C)(C)CO. The van der Waals surface area contributed by atoms with E-state index < -0.39 is 5.54 Å². The second kappa shape index (κ2) is 6.46. The first-order chi connectivity index (χ1) is 8.77. The third-order valence-electron chi connectivity index (χ3n) is 2.92. The van der Waals surface area contributed by atoms with Crippen LogP contribution >= 0.6 is 23.2 Å². The van der Waals surface area contributed by atoms with Crippen LogP contribution in [-0.2, 0) is 4.79 Å². The Morgan fingerprint density at radius 3 is 2.53 bits per heavy atom. The second-order valence-corrected chi connectivity index (χ2v) is 5.60. The molecule has 0 saturated heterocycles. The summed E-state index contributed by atoms with van der Waals surface area (Å²) in [6, 6.07) is 4.79. The zero-order chi connectivity index (χ0) is 14.6. The van der Waals surface area contributed by atoms with E-state index in [-0.39, 0.29) is 19.1 Å². The van der Waals surface area contributed by atoms with Crippen LogP contribution in [0, 0.1) is 0 Å². The third-order valence-corrected chi connectivity index (χ3v) is 3.66. The first-order valence-electron chi connectivity index (χ1n) is 5.73. The van der Waals surface area contributed by atoms with Crippen molar-refractivity contribution < 1.29 is 14.6 Å². The molecule has 0 aliphatic carbocycles. The summed E-state index contributed by atoms with van der Waals surface area (Å²) in [7, 11) is 1.62. The molecule has 0 unspecified atom stereocenters. The van der Waals surface area contributed by atoms with Gasteiger partial charge in [-0.3, -0.25) is 4.79 Å². The van der Waals surface area contributed by atoms with Crippen LogP contribution in [0.4, 0.5) is 0 Å². The lowest BCUT2D eigenvalue weighted by Gasteiger charge is -2.33. The summed E-state index contributed by atoms with van der Waals surface area (Å²) < 4.78 is 5.35. The van der Waals surface area contributed by atoms with E-state index in [1.165, 1.54) is 4.90 Å². The fraction of sp³-hybridized carbons (Fsp3) is 0.462. The molecule has 0 atom stereocenters. The van der Waals surface area contributed by atoms with Gasteiger partial charge in [-0.05, 0) is 26.0 Å². The molecule has 19 heavy (non-hydrogen) atoms. The lowest BCUT2D eigenvalue weighted by molar-refractivity contribution is -0.138. The number of benzene rings is 1. The molecule has 0 aliphatic heterocycles. The van der Waals surface area contributed by atoms with E-state index in [0.717, 1.165) is 0 Å². The van der Waals surface area contributed by atoms with E-state index in [4.69, 9.17) is 27.9 Å². The highest BCUT2D eigenvalue weighted by Crippen LogP contribution is 2.26. The van der Waals surface area contributed by atoms with Crippen molar-refractivity contribution in [2.24, 2.45) is 0 Å². The van der Waals surface area contributed by atoms with Crippen LogP contribution in [0.25, 0.3) is 0 Å². The molecule has 4 nitrogen and oxygen atoms in total. The number of aliphatic hydroxyl groups excluding tert-OH is 1. The Kier molecular flexibility index (Phi) is 5.47. The number of halogens is 2. The van der Waals surface area contributed by atoms with Gasteiger partial charge < -0.3 is 14.7 Å². The van der Waals surface area contributed by atoms with Gasteiger partial charge in [0.15, 0.2) is 6.61 Å². The Bertz CT molecular complexity index is 463. The van der Waals surface area contributed by atoms with Crippen molar-refractivity contribution in [2.45, 2.75) is 19.4 Å². The Morgan fingerprint density at radius 2 is 2.00 bits per heavy atom. The lowest BCUT2D eigenvalue weighted by Crippen LogP contribution is -2.49. The molecule has 0 saturated carbocycles. The molecule has 6 heteroatoms. The van der Waals surface area contributed by atoms with Gasteiger partial charge in [0, 0.05) is 13.1 Å². The fourth-order valence-corrected chi connectivity index (χ4v) is 1.54. The molecule has 0 radical (unpaired) electrons. The molecule has 0 aliphatic rings. The number of hydrogen-bond acceptors (Lipinski definition) is 3. The zero-order valence-corrected chi connectivity index (χ0v) is 12.6. The number of ether oxygens (including phenoxy) is 1. The number of rotatable bonds is 5. The average Bonchev–Trinajstić information content (AvgIpc) is 2.38. The van der Waals surface area contributed by atoms with Crippen molar-refractivity contribution >= 4 is 29.1 Å². The number of hydrogen-bond donors (Lipinski definition) is 1. The quantitative estimate of drug-likeness (QED) is 0.909. The van der Waals surface area contributed by atoms with E-state index >= 15 is 0 Å². The van der Waals surface area contributed by atoms with Crippen molar-refractivity contribution in [1.82, 2.24) is 4.90 Å². The minimum atomic E-state index is -0.627. The van der Waals surface area contributed by atoms with E-state index in [2.05, 4.69) is 0 Å². The van der Waals surface area contributed by atoms with Crippen LogP contribution in [0.15, 0.2) is 18.2 Å². The van der Waals surface area contributed by atoms with E-state index in [1.807, 2.05) is 0 Å². The molecule has 1 aromatic rings. The Labute approximate surface area is 122 Å². The minimum Gasteiger partial charge on any atom is -0.484 e. The summed E-state index contributed by atoms with van der Waals surface area (Å²) in [5, 5.41) is 10.00. The monoisotopic (exact) mass is 305 g/mol. The number of carbonyl (C=O) groups excluding carboxylic acids is 1. The van der Waals surface area contributed by atoms with Crippen molar-refractivity contribution in [3.63, 3.8) is 0 Å². The van der Waals surface area contributed by atoms with Gasteiger partial charge in [0.05, 0.1) is 22.2 Å². The summed E-state index contributed by atoms with van der Waals surface area (Å²) in [4.78, 5) is 13.4. The highest BCUT2D eigenvalue weighted by Gasteiger charge is 2.26. The van der Waals surface area contributed by atoms with Gasteiger partial charge in [-0.25, -0.2) is 0 Å². The van der Waals surface area contributed by atoms with Crippen LogP contribution < -0.4 is 4.74 Å². The van der Waals surface area contributed by atoms with E-state index in [0.29, 0.717) is 15.8 Å². The second-order valence-electron chi connectivity index (χ2n) is 4.79. The van der Waals surface area contributed by atoms with Crippen molar-refractivity contribution in [2.75, 3.05) is 20.3 Å². The van der Waals surface area contributed by atoms with Gasteiger partial charge in [-0.1, -0.05) is 23.2 Å². The zero-order valence-electron chi connectivity index (χ0n) is 11.1. The minimum absolute atomic E-state index is 0.123. The third kappa shape index (κ3) is 4.27. The molecule has 1 rings (SSSR count). The number of carbonyl (C=O) groups is 1. The highest BCUT2D eigenvalue weighted by molar-refractivity contribution is 6.42. The van der Waals surface area contributed by atoms with Crippen LogP contribution in [0.3, 0.4) is 0 Å². The topological polar surface area (TPSA) is 49.8 Å². The molecular formula is C13H17Cl2NO3. The molecule has 0 fully saturated rings. The molecule has 0 spiro atoms. The number of aliphatic hydroxyl groups is 1. The smallest absolute Gasteiger partial charge is 0.260 e. The lowest BCUT2D eigenvalue weighted by atomic mass is 10.1. The molecule has 0 heterocycles. The van der Waals surface area contributed by atoms with Crippen LogP contribution in [0.2, 0.25) is 10.0 Å². The molecule has 0 aromatic heterocycles. The van der Waals surface area contributed by atoms with Crippen LogP contribution in [0.1, 0.15) is 13.8 Å². The Balaban J connectivity index is 2.61. The molecule has 1 aromatic carbocycles. The van der Waals surface area contributed by atoms with Gasteiger partial charge in [-0.15, -0.1) is 0 Å². The number of likely N-dealkylation sites (N-methyl/N-ethyl adjacent to an activating group) is 1. The normalized spacial score (nSPS) is 11.3. The maximum absolute atomic E-state index is 11.9. The molecule has 106 valence electrons. The van der Waals surface area contributed by atoms with Gasteiger partial charge >= 0.3 is 0 Å². The maximum atomic E-state index is 11.9. The standard InChI is InChI=1S/C13H17Cl2NO3/c1-13(2,8-17)16(3)12(18)7-19-9-4-5-10(14)11(15)6-9/h4-6,17H,7-8H2,1-3H3. The van der Waals surface area contributed by atoms with Gasteiger partial charge in [0.25, 0.3) is 5.91 Å².